The van der Waals surface area contributed by atoms with E-state index in [2.05, 4.69) is 19.2 Å². The summed E-state index contributed by atoms with van der Waals surface area (Å²) in [5.74, 6) is 0.386. The van der Waals surface area contributed by atoms with E-state index in [1.54, 1.807) is 0 Å². The molecule has 1 aliphatic rings. The van der Waals surface area contributed by atoms with Crippen molar-refractivity contribution in [1.82, 2.24) is 9.62 Å². The molecular weight excluding hydrogens is 252 g/mol. The minimum absolute atomic E-state index is 0.242. The monoisotopic (exact) mass is 276 g/mol. The van der Waals surface area contributed by atoms with Crippen molar-refractivity contribution in [3.63, 3.8) is 0 Å². The molecule has 1 rings (SSSR count). The molecule has 0 aromatic carbocycles. The minimum Gasteiger partial charge on any atom is -0.315 e. The van der Waals surface area contributed by atoms with Crippen LogP contribution >= 0.6 is 0 Å². The minimum atomic E-state index is -3.41. The Bertz CT molecular complexity index is 402. The van der Waals surface area contributed by atoms with Crippen LogP contribution in [-0.4, -0.2) is 43.0 Å². The van der Waals surface area contributed by atoms with Crippen molar-refractivity contribution in [2.45, 2.75) is 45.3 Å². The van der Waals surface area contributed by atoms with Crippen LogP contribution in [0, 0.1) is 5.92 Å². The quantitative estimate of drug-likeness (QED) is 0.703. The Morgan fingerprint density at radius 2 is 1.89 bits per heavy atom. The van der Waals surface area contributed by atoms with Gasteiger partial charge in [-0.1, -0.05) is 13.8 Å². The lowest BCUT2D eigenvalue weighted by Crippen LogP contribution is -2.68. The van der Waals surface area contributed by atoms with Crippen molar-refractivity contribution in [3.8, 4) is 0 Å². The van der Waals surface area contributed by atoms with E-state index >= 15 is 0 Å². The molecule has 0 radical (unpaired) electrons. The Hall–Kier alpha value is -0.620. The first-order valence-electron chi connectivity index (χ1n) is 6.48. The van der Waals surface area contributed by atoms with Crippen LogP contribution in [0.15, 0.2) is 0 Å². The number of carbonyl (C=O) groups excluding carboxylic acids is 1. The maximum absolute atomic E-state index is 11.8. The van der Waals surface area contributed by atoms with Crippen molar-refractivity contribution < 1.29 is 13.2 Å². The Morgan fingerprint density at radius 3 is 2.39 bits per heavy atom. The molecule has 0 aromatic rings. The molecule has 106 valence electrons. The van der Waals surface area contributed by atoms with Gasteiger partial charge in [0.05, 0.1) is 0 Å². The zero-order chi connectivity index (χ0) is 14.0. The van der Waals surface area contributed by atoms with E-state index < -0.39 is 14.8 Å². The summed E-state index contributed by atoms with van der Waals surface area (Å²) in [6, 6.07) is 0. The number of nitrogens with one attached hydrogen (secondary N) is 1. The van der Waals surface area contributed by atoms with E-state index in [-0.39, 0.29) is 12.5 Å². The summed E-state index contributed by atoms with van der Waals surface area (Å²) in [4.78, 5) is 11.6. The lowest BCUT2D eigenvalue weighted by molar-refractivity contribution is -0.132. The highest BCUT2D eigenvalue weighted by Gasteiger charge is 2.59. The molecule has 6 heteroatoms. The number of nitrogens with zero attached hydrogens (tertiary/aromatic N) is 1. The van der Waals surface area contributed by atoms with E-state index in [9.17, 15) is 13.2 Å². The van der Waals surface area contributed by atoms with Crippen LogP contribution in [-0.2, 0) is 14.8 Å². The smallest absolute Gasteiger partial charge is 0.258 e. The van der Waals surface area contributed by atoms with E-state index in [1.165, 1.54) is 13.8 Å². The van der Waals surface area contributed by atoms with Crippen LogP contribution in [0.1, 0.15) is 40.5 Å². The van der Waals surface area contributed by atoms with Gasteiger partial charge >= 0.3 is 0 Å². The lowest BCUT2D eigenvalue weighted by atomic mass is 10.1. The SMILES string of the molecule is CC(C)CCCNCCN1C(=O)C(C)(C)S1(=O)=O. The molecule has 0 aliphatic carbocycles. The summed E-state index contributed by atoms with van der Waals surface area (Å²) >= 11 is 0. The average molecular weight is 276 g/mol. The van der Waals surface area contributed by atoms with Crippen LogP contribution in [0.2, 0.25) is 0 Å². The maximum atomic E-state index is 11.8. The highest BCUT2D eigenvalue weighted by atomic mass is 32.2. The second-order valence-corrected chi connectivity index (χ2v) is 8.09. The molecule has 1 amide bonds. The summed E-state index contributed by atoms with van der Waals surface area (Å²) < 4.78 is 23.3. The van der Waals surface area contributed by atoms with Gasteiger partial charge in [0.2, 0.25) is 0 Å². The van der Waals surface area contributed by atoms with Crippen molar-refractivity contribution >= 4 is 15.9 Å². The summed E-state index contributed by atoms with van der Waals surface area (Å²) in [5, 5.41) is 3.17. The summed E-state index contributed by atoms with van der Waals surface area (Å²) in [6.07, 6.45) is 2.23. The first kappa shape index (κ1) is 15.4. The number of amides is 1. The Balaban J connectivity index is 2.24. The molecule has 5 nitrogen and oxygen atoms in total. The van der Waals surface area contributed by atoms with E-state index in [0.717, 1.165) is 23.7 Å². The number of rotatable bonds is 7. The van der Waals surface area contributed by atoms with Crippen LogP contribution < -0.4 is 5.32 Å². The topological polar surface area (TPSA) is 66.5 Å². The maximum Gasteiger partial charge on any atom is 0.258 e. The van der Waals surface area contributed by atoms with Crippen LogP contribution in [0.25, 0.3) is 0 Å². The Morgan fingerprint density at radius 1 is 1.28 bits per heavy atom. The lowest BCUT2D eigenvalue weighted by Gasteiger charge is -2.43. The highest BCUT2D eigenvalue weighted by molar-refractivity contribution is 7.94. The van der Waals surface area contributed by atoms with Gasteiger partial charge in [-0.3, -0.25) is 4.79 Å². The molecule has 0 spiro atoms. The van der Waals surface area contributed by atoms with Gasteiger partial charge in [-0.2, -0.15) is 0 Å². The third-order valence-corrected chi connectivity index (χ3v) is 5.70. The molecule has 0 aromatic heterocycles. The van der Waals surface area contributed by atoms with Crippen LogP contribution in [0.5, 0.6) is 0 Å². The predicted octanol–water partition coefficient (Wildman–Crippen LogP) is 0.963. The van der Waals surface area contributed by atoms with Crippen molar-refractivity contribution in [1.29, 1.82) is 0 Å². The molecule has 1 N–H and O–H groups in total. The van der Waals surface area contributed by atoms with Gasteiger partial charge in [0.15, 0.2) is 4.75 Å². The van der Waals surface area contributed by atoms with Crippen molar-refractivity contribution in [3.05, 3.63) is 0 Å². The number of hydrogen-bond acceptors (Lipinski definition) is 4. The van der Waals surface area contributed by atoms with Gasteiger partial charge < -0.3 is 5.32 Å². The molecule has 18 heavy (non-hydrogen) atoms. The third-order valence-electron chi connectivity index (χ3n) is 3.30. The second kappa shape index (κ2) is 5.57. The van der Waals surface area contributed by atoms with Gasteiger partial charge in [0.25, 0.3) is 15.9 Å². The number of sulfonamides is 1. The van der Waals surface area contributed by atoms with Gasteiger partial charge in [-0.25, -0.2) is 12.7 Å². The second-order valence-electron chi connectivity index (χ2n) is 5.68. The highest BCUT2D eigenvalue weighted by Crippen LogP contribution is 2.34. The fraction of sp³-hybridized carbons (Fsp3) is 0.917. The molecule has 1 heterocycles. The van der Waals surface area contributed by atoms with Gasteiger partial charge in [0, 0.05) is 13.1 Å². The zero-order valence-corrected chi connectivity index (χ0v) is 12.5. The molecule has 0 unspecified atom stereocenters. The fourth-order valence-corrected chi connectivity index (χ4v) is 3.45. The molecule has 0 saturated carbocycles. The first-order valence-corrected chi connectivity index (χ1v) is 7.92. The predicted molar refractivity (Wildman–Crippen MR) is 71.7 cm³/mol. The van der Waals surface area contributed by atoms with Gasteiger partial charge in [0.1, 0.15) is 0 Å². The van der Waals surface area contributed by atoms with Crippen LogP contribution in [0.4, 0.5) is 0 Å². The Labute approximate surface area is 110 Å². The first-order chi connectivity index (χ1) is 8.21. The van der Waals surface area contributed by atoms with E-state index in [4.69, 9.17) is 0 Å². The molecular formula is C12H24N2O3S. The Kier molecular flexibility index (Phi) is 4.78. The number of carbonyl (C=O) groups is 1. The molecule has 1 aliphatic heterocycles. The van der Waals surface area contributed by atoms with Gasteiger partial charge in [-0.15, -0.1) is 0 Å². The normalized spacial score (nSPS) is 21.2. The fourth-order valence-electron chi connectivity index (χ4n) is 1.92. The molecule has 0 atom stereocenters. The zero-order valence-electron chi connectivity index (χ0n) is 11.7. The third kappa shape index (κ3) is 2.85. The van der Waals surface area contributed by atoms with Crippen molar-refractivity contribution in [2.24, 2.45) is 5.92 Å². The standard InChI is InChI=1S/C12H24N2O3S/c1-10(2)6-5-7-13-8-9-14-11(15)12(3,4)18(14,16)17/h10,13H,5-9H2,1-4H3. The van der Waals surface area contributed by atoms with Crippen molar-refractivity contribution in [2.75, 3.05) is 19.6 Å². The van der Waals surface area contributed by atoms with E-state index in [1.807, 2.05) is 0 Å². The molecule has 1 fully saturated rings. The number of hydrogen-bond donors (Lipinski definition) is 1. The average Bonchev–Trinajstić information content (AvgIpc) is 2.26. The van der Waals surface area contributed by atoms with E-state index in [0.29, 0.717) is 12.5 Å². The molecule has 0 bridgehead atoms. The summed E-state index contributed by atoms with van der Waals surface area (Å²) in [5.41, 5.74) is 0. The van der Waals surface area contributed by atoms with Crippen LogP contribution in [0.3, 0.4) is 0 Å². The largest absolute Gasteiger partial charge is 0.315 e. The molecule has 1 saturated heterocycles. The van der Waals surface area contributed by atoms with Gasteiger partial charge in [-0.05, 0) is 39.2 Å². The summed E-state index contributed by atoms with van der Waals surface area (Å²) in [7, 11) is -3.41. The summed E-state index contributed by atoms with van der Waals surface area (Å²) in [6.45, 7) is 8.89.